The minimum atomic E-state index is 0.751. The lowest BCUT2D eigenvalue weighted by Crippen LogP contribution is -2.12. The summed E-state index contributed by atoms with van der Waals surface area (Å²) in [6, 6.07) is 6.08. The predicted molar refractivity (Wildman–Crippen MR) is 73.3 cm³/mol. The second-order valence-corrected chi connectivity index (χ2v) is 4.77. The largest absolute Gasteiger partial charge is 0.496 e. The Morgan fingerprint density at radius 1 is 1.31 bits per heavy atom. The van der Waals surface area contributed by atoms with Crippen LogP contribution in [0, 0.1) is 5.92 Å². The smallest absolute Gasteiger partial charge is 0.133 e. The number of hydrogen-bond acceptors (Lipinski definition) is 2. The molecule has 0 aromatic heterocycles. The summed E-state index contributed by atoms with van der Waals surface area (Å²) in [5, 5.41) is 3.45. The van der Waals surface area contributed by atoms with Gasteiger partial charge >= 0.3 is 0 Å². The summed E-state index contributed by atoms with van der Waals surface area (Å²) in [5.74, 6) is 1.62. The van der Waals surface area contributed by atoms with Gasteiger partial charge in [-0.2, -0.15) is 0 Å². The van der Waals surface area contributed by atoms with E-state index in [0.717, 1.165) is 28.4 Å². The number of nitrogens with one attached hydrogen (secondary N) is 1. The van der Waals surface area contributed by atoms with Gasteiger partial charge in [-0.05, 0) is 40.0 Å². The van der Waals surface area contributed by atoms with Crippen molar-refractivity contribution >= 4 is 21.6 Å². The van der Waals surface area contributed by atoms with Crippen molar-refractivity contribution in [3.8, 4) is 5.75 Å². The molecule has 3 heteroatoms. The second kappa shape index (κ2) is 6.79. The van der Waals surface area contributed by atoms with Crippen LogP contribution in [0.3, 0.4) is 0 Å². The standard InChI is InChI=1S/C13H20BrNO/c1-4-10(5-2)9-15-11-6-7-13(16-3)12(14)8-11/h6-8,10,15H,4-5,9H2,1-3H3. The molecule has 90 valence electrons. The Kier molecular flexibility index (Phi) is 5.67. The molecule has 0 unspecified atom stereocenters. The number of methoxy groups -OCH3 is 1. The molecule has 0 amide bonds. The number of ether oxygens (including phenoxy) is 1. The molecule has 0 saturated heterocycles. The third-order valence-electron chi connectivity index (χ3n) is 2.90. The molecule has 0 aliphatic rings. The van der Waals surface area contributed by atoms with Crippen LogP contribution in [-0.4, -0.2) is 13.7 Å². The highest BCUT2D eigenvalue weighted by molar-refractivity contribution is 9.10. The molecule has 0 bridgehead atoms. The van der Waals surface area contributed by atoms with E-state index in [2.05, 4.69) is 41.2 Å². The van der Waals surface area contributed by atoms with Gasteiger partial charge in [-0.25, -0.2) is 0 Å². The summed E-state index contributed by atoms with van der Waals surface area (Å²) in [5.41, 5.74) is 1.14. The van der Waals surface area contributed by atoms with Crippen molar-refractivity contribution in [3.63, 3.8) is 0 Å². The fraction of sp³-hybridized carbons (Fsp3) is 0.538. The quantitative estimate of drug-likeness (QED) is 0.841. The summed E-state index contributed by atoms with van der Waals surface area (Å²) < 4.78 is 6.18. The first-order valence-corrected chi connectivity index (χ1v) is 6.57. The van der Waals surface area contributed by atoms with Crippen molar-refractivity contribution in [1.29, 1.82) is 0 Å². The monoisotopic (exact) mass is 285 g/mol. The van der Waals surface area contributed by atoms with Crippen molar-refractivity contribution in [3.05, 3.63) is 22.7 Å². The molecule has 0 fully saturated rings. The van der Waals surface area contributed by atoms with Gasteiger partial charge < -0.3 is 10.1 Å². The third-order valence-corrected chi connectivity index (χ3v) is 3.52. The Balaban J connectivity index is 2.58. The fourth-order valence-electron chi connectivity index (χ4n) is 1.62. The number of halogens is 1. The minimum Gasteiger partial charge on any atom is -0.496 e. The second-order valence-electron chi connectivity index (χ2n) is 3.91. The molecular weight excluding hydrogens is 266 g/mol. The van der Waals surface area contributed by atoms with Crippen LogP contribution in [0.2, 0.25) is 0 Å². The van der Waals surface area contributed by atoms with E-state index >= 15 is 0 Å². The zero-order valence-corrected chi connectivity index (χ0v) is 11.8. The Hall–Kier alpha value is -0.700. The molecule has 0 spiro atoms. The average molecular weight is 286 g/mol. The molecule has 0 radical (unpaired) electrons. The third kappa shape index (κ3) is 3.71. The highest BCUT2D eigenvalue weighted by atomic mass is 79.9. The summed E-state index contributed by atoms with van der Waals surface area (Å²) >= 11 is 3.48. The molecule has 16 heavy (non-hydrogen) atoms. The summed E-state index contributed by atoms with van der Waals surface area (Å²) in [4.78, 5) is 0. The Labute approximate surface area is 107 Å². The van der Waals surface area contributed by atoms with Gasteiger partial charge in [-0.3, -0.25) is 0 Å². The van der Waals surface area contributed by atoms with Gasteiger partial charge in [-0.1, -0.05) is 26.7 Å². The van der Waals surface area contributed by atoms with Crippen LogP contribution in [0.25, 0.3) is 0 Å². The first-order valence-electron chi connectivity index (χ1n) is 5.78. The van der Waals surface area contributed by atoms with Gasteiger partial charge in [0.05, 0.1) is 11.6 Å². The van der Waals surface area contributed by atoms with Crippen LogP contribution < -0.4 is 10.1 Å². The molecule has 1 aromatic carbocycles. The van der Waals surface area contributed by atoms with Crippen molar-refractivity contribution in [2.75, 3.05) is 19.0 Å². The molecule has 0 heterocycles. The maximum Gasteiger partial charge on any atom is 0.133 e. The van der Waals surface area contributed by atoms with Crippen LogP contribution in [0.4, 0.5) is 5.69 Å². The van der Waals surface area contributed by atoms with E-state index < -0.39 is 0 Å². The van der Waals surface area contributed by atoms with Crippen molar-refractivity contribution in [2.45, 2.75) is 26.7 Å². The molecule has 2 nitrogen and oxygen atoms in total. The van der Waals surface area contributed by atoms with Crippen LogP contribution in [0.5, 0.6) is 5.75 Å². The van der Waals surface area contributed by atoms with Crippen LogP contribution in [0.1, 0.15) is 26.7 Å². The normalized spacial score (nSPS) is 10.6. The topological polar surface area (TPSA) is 21.3 Å². The van der Waals surface area contributed by atoms with Crippen LogP contribution >= 0.6 is 15.9 Å². The highest BCUT2D eigenvalue weighted by Crippen LogP contribution is 2.27. The Bertz CT molecular complexity index is 324. The first kappa shape index (κ1) is 13.4. The summed E-state index contributed by atoms with van der Waals surface area (Å²) in [6.45, 7) is 5.51. The van der Waals surface area contributed by atoms with Gasteiger partial charge in [0.2, 0.25) is 0 Å². The lowest BCUT2D eigenvalue weighted by molar-refractivity contribution is 0.412. The minimum absolute atomic E-state index is 0.751. The molecule has 1 rings (SSSR count). The molecule has 0 saturated carbocycles. The number of rotatable bonds is 6. The van der Waals surface area contributed by atoms with E-state index in [-0.39, 0.29) is 0 Å². The van der Waals surface area contributed by atoms with Crippen molar-refractivity contribution in [2.24, 2.45) is 5.92 Å². The van der Waals surface area contributed by atoms with Crippen LogP contribution in [0.15, 0.2) is 22.7 Å². The summed E-state index contributed by atoms with van der Waals surface area (Å²) in [7, 11) is 1.68. The van der Waals surface area contributed by atoms with Gasteiger partial charge in [-0.15, -0.1) is 0 Å². The first-order chi connectivity index (χ1) is 7.71. The Morgan fingerprint density at radius 3 is 2.50 bits per heavy atom. The van der Waals surface area contributed by atoms with Gasteiger partial charge in [0, 0.05) is 12.2 Å². The van der Waals surface area contributed by atoms with Gasteiger partial charge in [0.15, 0.2) is 0 Å². The lowest BCUT2D eigenvalue weighted by atomic mass is 10.0. The zero-order valence-electron chi connectivity index (χ0n) is 10.2. The van der Waals surface area contributed by atoms with Gasteiger partial charge in [0.25, 0.3) is 0 Å². The predicted octanol–water partition coefficient (Wildman–Crippen LogP) is 4.31. The lowest BCUT2D eigenvalue weighted by Gasteiger charge is -2.15. The van der Waals surface area contributed by atoms with Crippen molar-refractivity contribution in [1.82, 2.24) is 0 Å². The van der Waals surface area contributed by atoms with E-state index in [0.29, 0.717) is 0 Å². The molecule has 1 aromatic rings. The fourth-order valence-corrected chi connectivity index (χ4v) is 2.16. The maximum atomic E-state index is 5.19. The van der Waals surface area contributed by atoms with E-state index in [9.17, 15) is 0 Å². The molecule has 1 N–H and O–H groups in total. The number of hydrogen-bond donors (Lipinski definition) is 1. The molecule has 0 aliphatic carbocycles. The molecular formula is C13H20BrNO. The molecule has 0 atom stereocenters. The van der Waals surface area contributed by atoms with E-state index in [1.165, 1.54) is 12.8 Å². The van der Waals surface area contributed by atoms with Crippen LogP contribution in [-0.2, 0) is 0 Å². The SMILES string of the molecule is CCC(CC)CNc1ccc(OC)c(Br)c1. The summed E-state index contributed by atoms with van der Waals surface area (Å²) in [6.07, 6.45) is 2.45. The zero-order chi connectivity index (χ0) is 12.0. The van der Waals surface area contributed by atoms with E-state index in [1.54, 1.807) is 7.11 Å². The maximum absolute atomic E-state index is 5.19. The van der Waals surface area contributed by atoms with Gasteiger partial charge in [0.1, 0.15) is 5.75 Å². The average Bonchev–Trinajstić information content (AvgIpc) is 2.30. The Morgan fingerprint density at radius 2 is 2.00 bits per heavy atom. The number of anilines is 1. The van der Waals surface area contributed by atoms with E-state index in [4.69, 9.17) is 4.74 Å². The van der Waals surface area contributed by atoms with E-state index in [1.807, 2.05) is 12.1 Å². The molecule has 0 aliphatic heterocycles. The highest BCUT2D eigenvalue weighted by Gasteiger charge is 2.04. The number of benzene rings is 1. The van der Waals surface area contributed by atoms with Crippen molar-refractivity contribution < 1.29 is 4.74 Å².